The highest BCUT2D eigenvalue weighted by molar-refractivity contribution is 6.30. The van der Waals surface area contributed by atoms with Gasteiger partial charge in [0.2, 0.25) is 5.91 Å². The van der Waals surface area contributed by atoms with Gasteiger partial charge >= 0.3 is 0 Å². The third kappa shape index (κ3) is 4.34. The van der Waals surface area contributed by atoms with Gasteiger partial charge in [0.05, 0.1) is 0 Å². The lowest BCUT2D eigenvalue weighted by atomic mass is 10.0. The van der Waals surface area contributed by atoms with E-state index < -0.39 is 0 Å². The Morgan fingerprint density at radius 2 is 1.78 bits per heavy atom. The smallest absolute Gasteiger partial charge is 0.241 e. The summed E-state index contributed by atoms with van der Waals surface area (Å²) in [6.45, 7) is 2.05. The maximum Gasteiger partial charge on any atom is 0.241 e. The van der Waals surface area contributed by atoms with Crippen molar-refractivity contribution in [1.29, 1.82) is 0 Å². The molecule has 1 saturated carbocycles. The predicted molar refractivity (Wildman–Crippen MR) is 93.4 cm³/mol. The molecule has 0 radical (unpaired) electrons. The van der Waals surface area contributed by atoms with Gasteiger partial charge in [0.25, 0.3) is 0 Å². The van der Waals surface area contributed by atoms with E-state index in [2.05, 4.69) is 10.6 Å². The van der Waals surface area contributed by atoms with Gasteiger partial charge in [0, 0.05) is 17.1 Å². The summed E-state index contributed by atoms with van der Waals surface area (Å²) in [6.07, 6.45) is 2.16. The summed E-state index contributed by atoms with van der Waals surface area (Å²) in [5.41, 5.74) is 2.04. The summed E-state index contributed by atoms with van der Waals surface area (Å²) in [6, 6.07) is 17.6. The molecule has 1 aliphatic rings. The van der Waals surface area contributed by atoms with Crippen LogP contribution in [0.2, 0.25) is 5.02 Å². The van der Waals surface area contributed by atoms with Gasteiger partial charge in [0.15, 0.2) is 0 Å². The van der Waals surface area contributed by atoms with E-state index in [1.54, 1.807) is 0 Å². The van der Waals surface area contributed by atoms with Crippen molar-refractivity contribution in [2.24, 2.45) is 0 Å². The summed E-state index contributed by atoms with van der Waals surface area (Å²) >= 11 is 6.08. The maximum absolute atomic E-state index is 12.6. The molecule has 4 heteroatoms. The van der Waals surface area contributed by atoms with Gasteiger partial charge in [0.1, 0.15) is 6.04 Å². The minimum atomic E-state index is -0.370. The van der Waals surface area contributed by atoms with E-state index in [9.17, 15) is 4.79 Å². The molecule has 2 aromatic carbocycles. The second-order valence-corrected chi connectivity index (χ2v) is 6.51. The van der Waals surface area contributed by atoms with Gasteiger partial charge in [-0.2, -0.15) is 0 Å². The van der Waals surface area contributed by atoms with Crippen molar-refractivity contribution in [2.75, 3.05) is 0 Å². The van der Waals surface area contributed by atoms with Crippen LogP contribution in [0.3, 0.4) is 0 Å². The fraction of sp³-hybridized carbons (Fsp3) is 0.316. The van der Waals surface area contributed by atoms with Crippen molar-refractivity contribution in [3.05, 3.63) is 70.7 Å². The number of benzene rings is 2. The average Bonchev–Trinajstić information content (AvgIpc) is 3.37. The Morgan fingerprint density at radius 1 is 1.09 bits per heavy atom. The van der Waals surface area contributed by atoms with Crippen LogP contribution in [0.4, 0.5) is 0 Å². The molecule has 0 spiro atoms. The lowest BCUT2D eigenvalue weighted by Crippen LogP contribution is -2.39. The average molecular weight is 329 g/mol. The lowest BCUT2D eigenvalue weighted by Gasteiger charge is -2.23. The zero-order valence-corrected chi connectivity index (χ0v) is 13.9. The van der Waals surface area contributed by atoms with Crippen LogP contribution in [0.1, 0.15) is 43.0 Å². The van der Waals surface area contributed by atoms with Gasteiger partial charge < -0.3 is 5.32 Å². The summed E-state index contributed by atoms with van der Waals surface area (Å²) < 4.78 is 0. The highest BCUT2D eigenvalue weighted by Gasteiger charge is 2.29. The normalized spacial score (nSPS) is 16.6. The van der Waals surface area contributed by atoms with Crippen molar-refractivity contribution in [2.45, 2.75) is 37.9 Å². The number of rotatable bonds is 6. The Labute approximate surface area is 142 Å². The zero-order chi connectivity index (χ0) is 16.2. The van der Waals surface area contributed by atoms with Crippen LogP contribution in [0, 0.1) is 0 Å². The molecule has 2 N–H and O–H groups in total. The van der Waals surface area contributed by atoms with Crippen molar-refractivity contribution < 1.29 is 4.79 Å². The Kier molecular flexibility index (Phi) is 4.99. The predicted octanol–water partition coefficient (Wildman–Crippen LogP) is 4.01. The lowest BCUT2D eigenvalue weighted by molar-refractivity contribution is -0.123. The Balaban J connectivity index is 1.78. The first kappa shape index (κ1) is 16.0. The summed E-state index contributed by atoms with van der Waals surface area (Å²) in [4.78, 5) is 12.6. The van der Waals surface area contributed by atoms with Gasteiger partial charge in [-0.15, -0.1) is 0 Å². The molecular weight excluding hydrogens is 308 g/mol. The molecule has 0 aromatic heterocycles. The van der Waals surface area contributed by atoms with Gasteiger partial charge in [-0.05, 0) is 43.0 Å². The van der Waals surface area contributed by atoms with Crippen LogP contribution in [0.5, 0.6) is 0 Å². The third-order valence-electron chi connectivity index (χ3n) is 4.08. The first-order valence-electron chi connectivity index (χ1n) is 8.00. The minimum Gasteiger partial charge on any atom is -0.352 e. The molecule has 23 heavy (non-hydrogen) atoms. The molecule has 2 atom stereocenters. The molecule has 0 unspecified atom stereocenters. The van der Waals surface area contributed by atoms with E-state index in [1.165, 1.54) is 0 Å². The number of halogens is 1. The minimum absolute atomic E-state index is 0.0175. The van der Waals surface area contributed by atoms with Crippen molar-refractivity contribution >= 4 is 17.5 Å². The van der Waals surface area contributed by atoms with E-state index in [0.29, 0.717) is 11.1 Å². The van der Waals surface area contributed by atoms with Gasteiger partial charge in [-0.3, -0.25) is 10.1 Å². The molecule has 0 heterocycles. The standard InChI is InChI=1S/C19H21ClN2O/c1-13(15-8-5-9-16(20)12-15)21-18(14-6-3-2-4-7-14)19(23)22-17-10-11-17/h2-9,12-13,17-18,21H,10-11H2,1H3,(H,22,23)/t13-,18+/m0/s1. The quantitative estimate of drug-likeness (QED) is 0.841. The Bertz CT molecular complexity index is 670. The van der Waals surface area contributed by atoms with Crippen LogP contribution >= 0.6 is 11.6 Å². The highest BCUT2D eigenvalue weighted by atomic mass is 35.5. The Morgan fingerprint density at radius 3 is 2.43 bits per heavy atom. The van der Waals surface area contributed by atoms with Crippen molar-refractivity contribution in [3.8, 4) is 0 Å². The van der Waals surface area contributed by atoms with Crippen LogP contribution < -0.4 is 10.6 Å². The fourth-order valence-electron chi connectivity index (χ4n) is 2.60. The SMILES string of the molecule is C[C@H](N[C@@H](C(=O)NC1CC1)c1ccccc1)c1cccc(Cl)c1. The van der Waals surface area contributed by atoms with E-state index in [0.717, 1.165) is 24.0 Å². The van der Waals surface area contributed by atoms with Crippen LogP contribution in [0.25, 0.3) is 0 Å². The van der Waals surface area contributed by atoms with Crippen LogP contribution in [0.15, 0.2) is 54.6 Å². The number of carbonyl (C=O) groups excluding carboxylic acids is 1. The molecular formula is C19H21ClN2O. The van der Waals surface area contributed by atoms with E-state index in [-0.39, 0.29) is 18.0 Å². The van der Waals surface area contributed by atoms with E-state index in [1.807, 2.05) is 61.5 Å². The highest BCUT2D eigenvalue weighted by Crippen LogP contribution is 2.24. The van der Waals surface area contributed by atoms with Crippen LogP contribution in [-0.4, -0.2) is 11.9 Å². The molecule has 0 aliphatic heterocycles. The van der Waals surface area contributed by atoms with Gasteiger partial charge in [-0.1, -0.05) is 54.1 Å². The molecule has 3 rings (SSSR count). The maximum atomic E-state index is 12.6. The second kappa shape index (κ2) is 7.16. The molecule has 0 bridgehead atoms. The molecule has 3 nitrogen and oxygen atoms in total. The molecule has 1 aliphatic carbocycles. The first-order valence-corrected chi connectivity index (χ1v) is 8.38. The number of carbonyl (C=O) groups is 1. The third-order valence-corrected chi connectivity index (χ3v) is 4.32. The Hall–Kier alpha value is -1.84. The van der Waals surface area contributed by atoms with E-state index >= 15 is 0 Å². The van der Waals surface area contributed by atoms with Gasteiger partial charge in [-0.25, -0.2) is 0 Å². The monoisotopic (exact) mass is 328 g/mol. The summed E-state index contributed by atoms with van der Waals surface area (Å²) in [5, 5.41) is 7.24. The fourth-order valence-corrected chi connectivity index (χ4v) is 2.80. The van der Waals surface area contributed by atoms with Crippen molar-refractivity contribution in [3.63, 3.8) is 0 Å². The molecule has 0 saturated heterocycles. The molecule has 1 amide bonds. The van der Waals surface area contributed by atoms with Crippen molar-refractivity contribution in [1.82, 2.24) is 10.6 Å². The number of nitrogens with one attached hydrogen (secondary N) is 2. The molecule has 1 fully saturated rings. The topological polar surface area (TPSA) is 41.1 Å². The number of amides is 1. The number of hydrogen-bond donors (Lipinski definition) is 2. The summed E-state index contributed by atoms with van der Waals surface area (Å²) in [5.74, 6) is 0.0348. The number of hydrogen-bond acceptors (Lipinski definition) is 2. The first-order chi connectivity index (χ1) is 11.1. The largest absolute Gasteiger partial charge is 0.352 e. The zero-order valence-electron chi connectivity index (χ0n) is 13.1. The molecule has 2 aromatic rings. The molecule has 120 valence electrons. The second-order valence-electron chi connectivity index (χ2n) is 6.07. The van der Waals surface area contributed by atoms with Crippen LogP contribution in [-0.2, 0) is 4.79 Å². The van der Waals surface area contributed by atoms with E-state index in [4.69, 9.17) is 11.6 Å². The summed E-state index contributed by atoms with van der Waals surface area (Å²) in [7, 11) is 0.